The molecule has 98 valence electrons. The molecule has 2 rings (SSSR count). The quantitative estimate of drug-likeness (QED) is 0.841. The van der Waals surface area contributed by atoms with Crippen molar-refractivity contribution in [3.05, 3.63) is 28.8 Å². The summed E-state index contributed by atoms with van der Waals surface area (Å²) >= 11 is 11.2. The van der Waals surface area contributed by atoms with E-state index in [0.717, 1.165) is 28.7 Å². The number of benzene rings is 1. The average Bonchev–Trinajstić information content (AvgIpc) is 2.28. The smallest absolute Gasteiger partial charge is 0.106 e. The van der Waals surface area contributed by atoms with Gasteiger partial charge in [-0.3, -0.25) is 0 Å². The minimum atomic E-state index is 0.437. The van der Waals surface area contributed by atoms with Gasteiger partial charge in [0.25, 0.3) is 0 Å². The Kier molecular flexibility index (Phi) is 4.13. The summed E-state index contributed by atoms with van der Waals surface area (Å²) in [5.74, 6) is 0.781. The highest BCUT2D eigenvalue weighted by molar-refractivity contribution is 7.80. The SMILES string of the molecule is CC1CCN(c2cc(Cl)ccc2C(N)=S)C(C)C1. The summed E-state index contributed by atoms with van der Waals surface area (Å²) in [6, 6.07) is 6.24. The molecule has 2 nitrogen and oxygen atoms in total. The Morgan fingerprint density at radius 2 is 2.17 bits per heavy atom. The largest absolute Gasteiger partial charge is 0.389 e. The molecule has 0 bridgehead atoms. The van der Waals surface area contributed by atoms with Crippen LogP contribution in [-0.2, 0) is 0 Å². The Hall–Kier alpha value is -0.800. The molecule has 0 spiro atoms. The minimum absolute atomic E-state index is 0.437. The molecular formula is C14H19ClN2S. The van der Waals surface area contributed by atoms with Crippen molar-refractivity contribution in [3.8, 4) is 0 Å². The van der Waals surface area contributed by atoms with Crippen LogP contribution in [-0.4, -0.2) is 17.6 Å². The maximum Gasteiger partial charge on any atom is 0.106 e. The van der Waals surface area contributed by atoms with Crippen LogP contribution >= 0.6 is 23.8 Å². The van der Waals surface area contributed by atoms with Gasteiger partial charge in [0.2, 0.25) is 0 Å². The lowest BCUT2D eigenvalue weighted by atomic mass is 9.92. The van der Waals surface area contributed by atoms with Gasteiger partial charge in [0, 0.05) is 28.9 Å². The molecule has 1 aliphatic rings. The lowest BCUT2D eigenvalue weighted by Gasteiger charge is -2.39. The second-order valence-corrected chi connectivity index (χ2v) is 6.07. The Balaban J connectivity index is 2.37. The number of nitrogens with zero attached hydrogens (tertiary/aromatic N) is 1. The van der Waals surface area contributed by atoms with Gasteiger partial charge in [0.15, 0.2) is 0 Å². The maximum absolute atomic E-state index is 6.11. The number of rotatable bonds is 2. The topological polar surface area (TPSA) is 29.3 Å². The van der Waals surface area contributed by atoms with Crippen LogP contribution in [0.4, 0.5) is 5.69 Å². The van der Waals surface area contributed by atoms with E-state index in [-0.39, 0.29) is 0 Å². The predicted octanol–water partition coefficient (Wildman–Crippen LogP) is 3.60. The van der Waals surface area contributed by atoms with Gasteiger partial charge < -0.3 is 10.6 Å². The molecule has 1 heterocycles. The van der Waals surface area contributed by atoms with Crippen LogP contribution in [0.15, 0.2) is 18.2 Å². The van der Waals surface area contributed by atoms with Crippen molar-refractivity contribution in [1.29, 1.82) is 0 Å². The zero-order chi connectivity index (χ0) is 13.3. The van der Waals surface area contributed by atoms with E-state index in [0.29, 0.717) is 11.0 Å². The summed E-state index contributed by atoms with van der Waals surface area (Å²) in [6.07, 6.45) is 2.40. The summed E-state index contributed by atoms with van der Waals surface area (Å²) in [5, 5.41) is 0.732. The Morgan fingerprint density at radius 3 is 2.78 bits per heavy atom. The van der Waals surface area contributed by atoms with Crippen LogP contribution in [0.3, 0.4) is 0 Å². The molecule has 2 atom stereocenters. The van der Waals surface area contributed by atoms with Crippen molar-refractivity contribution in [2.75, 3.05) is 11.4 Å². The van der Waals surface area contributed by atoms with Crippen molar-refractivity contribution in [1.82, 2.24) is 0 Å². The molecule has 0 aliphatic carbocycles. The van der Waals surface area contributed by atoms with E-state index in [4.69, 9.17) is 29.6 Å². The zero-order valence-electron chi connectivity index (χ0n) is 10.8. The fraction of sp³-hybridized carbons (Fsp3) is 0.500. The highest BCUT2D eigenvalue weighted by Crippen LogP contribution is 2.32. The summed E-state index contributed by atoms with van der Waals surface area (Å²) in [6.45, 7) is 5.60. The average molecular weight is 283 g/mol. The molecule has 0 amide bonds. The summed E-state index contributed by atoms with van der Waals surface area (Å²) in [5.41, 5.74) is 7.81. The second kappa shape index (κ2) is 5.45. The van der Waals surface area contributed by atoms with Gasteiger partial charge in [-0.05, 0) is 43.9 Å². The lowest BCUT2D eigenvalue weighted by Crippen LogP contribution is -2.41. The van der Waals surface area contributed by atoms with Gasteiger partial charge in [-0.2, -0.15) is 0 Å². The molecule has 0 aromatic heterocycles. The number of hydrogen-bond donors (Lipinski definition) is 1. The van der Waals surface area contributed by atoms with Crippen LogP contribution in [0.2, 0.25) is 5.02 Å². The second-order valence-electron chi connectivity index (χ2n) is 5.20. The van der Waals surface area contributed by atoms with Gasteiger partial charge >= 0.3 is 0 Å². The van der Waals surface area contributed by atoms with Crippen LogP contribution in [0, 0.1) is 5.92 Å². The number of halogens is 1. The molecule has 0 saturated carbocycles. The van der Waals surface area contributed by atoms with Gasteiger partial charge in [0.1, 0.15) is 4.99 Å². The van der Waals surface area contributed by atoms with Crippen LogP contribution in [0.1, 0.15) is 32.3 Å². The summed E-state index contributed by atoms with van der Waals surface area (Å²) in [7, 11) is 0. The van der Waals surface area contributed by atoms with E-state index in [9.17, 15) is 0 Å². The zero-order valence-corrected chi connectivity index (χ0v) is 12.4. The molecule has 0 radical (unpaired) electrons. The van der Waals surface area contributed by atoms with E-state index in [1.165, 1.54) is 12.8 Å². The highest BCUT2D eigenvalue weighted by Gasteiger charge is 2.25. The molecule has 18 heavy (non-hydrogen) atoms. The van der Waals surface area contributed by atoms with E-state index < -0.39 is 0 Å². The van der Waals surface area contributed by atoms with Gasteiger partial charge in [0.05, 0.1) is 0 Å². The summed E-state index contributed by atoms with van der Waals surface area (Å²) in [4.78, 5) is 2.81. The molecular weight excluding hydrogens is 264 g/mol. The Bertz CT molecular complexity index is 461. The molecule has 1 fully saturated rings. The van der Waals surface area contributed by atoms with Crippen molar-refractivity contribution >= 4 is 34.5 Å². The first-order valence-corrected chi connectivity index (χ1v) is 7.13. The number of thiocarbonyl (C=S) groups is 1. The molecule has 1 aliphatic heterocycles. The monoisotopic (exact) mass is 282 g/mol. The standard InChI is InChI=1S/C14H19ClN2S/c1-9-5-6-17(10(2)7-9)13-8-11(15)3-4-12(13)14(16)18/h3-4,8-10H,5-7H2,1-2H3,(H2,16,18). The van der Waals surface area contributed by atoms with Crippen molar-refractivity contribution < 1.29 is 0 Å². The minimum Gasteiger partial charge on any atom is -0.389 e. The van der Waals surface area contributed by atoms with Gasteiger partial charge in [-0.1, -0.05) is 30.7 Å². The van der Waals surface area contributed by atoms with Crippen molar-refractivity contribution in [2.45, 2.75) is 32.7 Å². The predicted molar refractivity (Wildman–Crippen MR) is 82.5 cm³/mol. The number of hydrogen-bond acceptors (Lipinski definition) is 2. The van der Waals surface area contributed by atoms with E-state index >= 15 is 0 Å². The molecule has 4 heteroatoms. The fourth-order valence-electron chi connectivity index (χ4n) is 2.72. The molecule has 2 unspecified atom stereocenters. The van der Waals surface area contributed by atoms with Crippen molar-refractivity contribution in [3.63, 3.8) is 0 Å². The normalized spacial score (nSPS) is 24.1. The highest BCUT2D eigenvalue weighted by atomic mass is 35.5. The number of nitrogens with two attached hydrogens (primary N) is 1. The first-order chi connectivity index (χ1) is 8.49. The van der Waals surface area contributed by atoms with Crippen LogP contribution < -0.4 is 10.6 Å². The van der Waals surface area contributed by atoms with Crippen molar-refractivity contribution in [2.24, 2.45) is 11.7 Å². The molecule has 2 N–H and O–H groups in total. The first-order valence-electron chi connectivity index (χ1n) is 6.35. The first kappa shape index (κ1) is 13.6. The Labute approximate surface area is 119 Å². The molecule has 1 aromatic carbocycles. The summed E-state index contributed by atoms with van der Waals surface area (Å²) < 4.78 is 0. The lowest BCUT2D eigenvalue weighted by molar-refractivity contribution is 0.378. The van der Waals surface area contributed by atoms with E-state index in [1.54, 1.807) is 0 Å². The maximum atomic E-state index is 6.11. The Morgan fingerprint density at radius 1 is 1.44 bits per heavy atom. The van der Waals surface area contributed by atoms with E-state index in [1.807, 2.05) is 18.2 Å². The van der Waals surface area contributed by atoms with Gasteiger partial charge in [-0.25, -0.2) is 0 Å². The van der Waals surface area contributed by atoms with Crippen LogP contribution in [0.25, 0.3) is 0 Å². The van der Waals surface area contributed by atoms with E-state index in [2.05, 4.69) is 18.7 Å². The molecule has 1 aromatic rings. The molecule has 1 saturated heterocycles. The number of piperidine rings is 1. The number of anilines is 1. The fourth-order valence-corrected chi connectivity index (χ4v) is 3.05. The van der Waals surface area contributed by atoms with Crippen LogP contribution in [0.5, 0.6) is 0 Å². The third kappa shape index (κ3) is 2.78. The third-order valence-corrected chi connectivity index (χ3v) is 4.13. The van der Waals surface area contributed by atoms with Gasteiger partial charge in [-0.15, -0.1) is 0 Å². The third-order valence-electron chi connectivity index (χ3n) is 3.67.